The molecule has 7 nitrogen and oxygen atoms in total. The topological polar surface area (TPSA) is 83.1 Å². The second-order valence-corrected chi connectivity index (χ2v) is 8.55. The van der Waals surface area contributed by atoms with Crippen LogP contribution in [0, 0.1) is 17.3 Å². The second kappa shape index (κ2) is 9.18. The van der Waals surface area contributed by atoms with Crippen LogP contribution in [-0.4, -0.2) is 38.2 Å². The summed E-state index contributed by atoms with van der Waals surface area (Å²) in [7, 11) is 1.28. The maximum Gasteiger partial charge on any atom is 0.412 e. The molecule has 1 saturated carbocycles. The first kappa shape index (κ1) is 22.3. The van der Waals surface area contributed by atoms with Crippen molar-refractivity contribution < 1.29 is 28.5 Å². The molecule has 3 rings (SSSR count). The summed E-state index contributed by atoms with van der Waals surface area (Å²) in [6.07, 6.45) is 2.58. The van der Waals surface area contributed by atoms with Crippen molar-refractivity contribution in [3.63, 3.8) is 0 Å². The van der Waals surface area contributed by atoms with Crippen molar-refractivity contribution in [1.29, 1.82) is 0 Å². The minimum atomic E-state index is -0.693. The number of carbonyl (C=O) groups excluding carboxylic acids is 2. The number of ether oxygens (including phenoxy) is 4. The molecule has 1 N–H and O–H groups in total. The largest absolute Gasteiger partial charge is 0.464 e. The normalized spacial score (nSPS) is 24.6. The number of rotatable bonds is 7. The minimum Gasteiger partial charge on any atom is -0.464 e. The highest BCUT2D eigenvalue weighted by Crippen LogP contribution is 2.58. The molecule has 0 radical (unpaired) electrons. The molecule has 7 heteroatoms. The monoisotopic (exact) mass is 417 g/mol. The van der Waals surface area contributed by atoms with Gasteiger partial charge in [0.1, 0.15) is 12.3 Å². The molecule has 2 aliphatic rings. The number of methoxy groups -OCH3 is 1. The van der Waals surface area contributed by atoms with Crippen molar-refractivity contribution in [3.8, 4) is 0 Å². The summed E-state index contributed by atoms with van der Waals surface area (Å²) in [6, 6.07) is 9.34. The number of benzene rings is 1. The zero-order valence-electron chi connectivity index (χ0n) is 18.1. The first-order valence-electron chi connectivity index (χ1n) is 10.3. The van der Waals surface area contributed by atoms with Crippen LogP contribution in [0.4, 0.5) is 4.79 Å². The van der Waals surface area contributed by atoms with Gasteiger partial charge in [-0.25, -0.2) is 9.59 Å². The predicted molar refractivity (Wildman–Crippen MR) is 110 cm³/mol. The number of amides is 1. The zero-order chi connectivity index (χ0) is 21.8. The molecular weight excluding hydrogens is 386 g/mol. The number of nitrogens with one attached hydrogen (secondary N) is 1. The average Bonchev–Trinajstić information content (AvgIpc) is 3.17. The van der Waals surface area contributed by atoms with Gasteiger partial charge in [0.25, 0.3) is 0 Å². The zero-order valence-corrected chi connectivity index (χ0v) is 18.1. The maximum absolute atomic E-state index is 12.2. The van der Waals surface area contributed by atoms with Gasteiger partial charge < -0.3 is 18.9 Å². The molecule has 1 aromatic carbocycles. The summed E-state index contributed by atoms with van der Waals surface area (Å²) in [4.78, 5) is 24.3. The SMILES string of the molecule is COC(=O)/C(=C\C[C@@H]1C[C@H](C2(C)OCCO2)C1(C)C)NC(=O)OCc1ccccc1. The summed E-state index contributed by atoms with van der Waals surface area (Å²) in [5.41, 5.74) is 0.933. The maximum atomic E-state index is 12.2. The molecule has 1 amide bonds. The van der Waals surface area contributed by atoms with Crippen LogP contribution < -0.4 is 5.32 Å². The second-order valence-electron chi connectivity index (χ2n) is 8.55. The van der Waals surface area contributed by atoms with Crippen LogP contribution in [-0.2, 0) is 30.3 Å². The fourth-order valence-electron chi connectivity index (χ4n) is 4.46. The fourth-order valence-corrected chi connectivity index (χ4v) is 4.46. The Morgan fingerprint density at radius 2 is 1.83 bits per heavy atom. The van der Waals surface area contributed by atoms with E-state index in [1.54, 1.807) is 6.08 Å². The molecule has 164 valence electrons. The Morgan fingerprint density at radius 1 is 1.17 bits per heavy atom. The Kier molecular flexibility index (Phi) is 6.83. The number of carbonyl (C=O) groups is 2. The van der Waals surface area contributed by atoms with Crippen molar-refractivity contribution in [2.24, 2.45) is 17.3 Å². The van der Waals surface area contributed by atoms with Crippen LogP contribution in [0.1, 0.15) is 39.2 Å². The van der Waals surface area contributed by atoms with Gasteiger partial charge in [-0.1, -0.05) is 50.3 Å². The van der Waals surface area contributed by atoms with Gasteiger partial charge in [-0.05, 0) is 36.7 Å². The van der Waals surface area contributed by atoms with Crippen LogP contribution in [0.3, 0.4) is 0 Å². The van der Waals surface area contributed by atoms with E-state index in [1.165, 1.54) is 7.11 Å². The molecule has 1 aliphatic carbocycles. The predicted octanol–water partition coefficient (Wildman–Crippen LogP) is 3.79. The van der Waals surface area contributed by atoms with Gasteiger partial charge >= 0.3 is 12.1 Å². The van der Waals surface area contributed by atoms with Crippen LogP contribution in [0.5, 0.6) is 0 Å². The van der Waals surface area contributed by atoms with E-state index >= 15 is 0 Å². The lowest BCUT2D eigenvalue weighted by Crippen LogP contribution is -2.56. The minimum absolute atomic E-state index is 0.0232. The molecule has 1 aromatic rings. The van der Waals surface area contributed by atoms with Gasteiger partial charge in [0.15, 0.2) is 5.79 Å². The Morgan fingerprint density at radius 3 is 2.43 bits per heavy atom. The molecule has 30 heavy (non-hydrogen) atoms. The molecule has 1 saturated heterocycles. The van der Waals surface area contributed by atoms with Crippen LogP contribution in [0.15, 0.2) is 42.1 Å². The van der Waals surface area contributed by atoms with Gasteiger partial charge in [-0.3, -0.25) is 5.32 Å². The van der Waals surface area contributed by atoms with Crippen LogP contribution >= 0.6 is 0 Å². The van der Waals surface area contributed by atoms with E-state index in [9.17, 15) is 9.59 Å². The van der Waals surface area contributed by atoms with Crippen molar-refractivity contribution in [3.05, 3.63) is 47.7 Å². The number of allylic oxidation sites excluding steroid dienone is 1. The smallest absolute Gasteiger partial charge is 0.412 e. The van der Waals surface area contributed by atoms with E-state index in [0.717, 1.165) is 12.0 Å². The van der Waals surface area contributed by atoms with E-state index in [-0.39, 0.29) is 23.6 Å². The molecule has 0 bridgehead atoms. The summed E-state index contributed by atoms with van der Waals surface area (Å²) in [5.74, 6) is -0.547. The standard InChI is InChI=1S/C23H31NO6/c1-22(2)17(14-19(22)23(3)29-12-13-30-23)10-11-18(20(25)27-4)24-21(26)28-15-16-8-6-5-7-9-16/h5-9,11,17,19H,10,12-15H2,1-4H3,(H,24,26)/b18-11+/t17-,19+/m1/s1. The van der Waals surface area contributed by atoms with E-state index in [4.69, 9.17) is 18.9 Å². The number of esters is 1. The molecule has 0 spiro atoms. The first-order chi connectivity index (χ1) is 14.3. The molecule has 1 aliphatic heterocycles. The number of hydrogen-bond acceptors (Lipinski definition) is 6. The Balaban J connectivity index is 1.57. The molecular formula is C23H31NO6. The summed E-state index contributed by atoms with van der Waals surface area (Å²) in [5, 5.41) is 2.52. The quantitative estimate of drug-likeness (QED) is 0.537. The number of alkyl carbamates (subject to hydrolysis) is 1. The van der Waals surface area contributed by atoms with Gasteiger partial charge in [0, 0.05) is 5.92 Å². The van der Waals surface area contributed by atoms with Crippen molar-refractivity contribution in [2.75, 3.05) is 20.3 Å². The third kappa shape index (κ3) is 4.84. The third-order valence-electron chi connectivity index (χ3n) is 6.43. The highest BCUT2D eigenvalue weighted by atomic mass is 16.7. The van der Waals surface area contributed by atoms with E-state index in [1.807, 2.05) is 37.3 Å². The Labute approximate surface area is 177 Å². The molecule has 0 aromatic heterocycles. The Hall–Kier alpha value is -2.38. The van der Waals surface area contributed by atoms with Gasteiger partial charge in [-0.15, -0.1) is 0 Å². The van der Waals surface area contributed by atoms with Crippen molar-refractivity contribution in [2.45, 2.75) is 46.0 Å². The Bertz CT molecular complexity index is 782. The van der Waals surface area contributed by atoms with E-state index in [2.05, 4.69) is 19.2 Å². The lowest BCUT2D eigenvalue weighted by Gasteiger charge is -2.57. The third-order valence-corrected chi connectivity index (χ3v) is 6.43. The van der Waals surface area contributed by atoms with Crippen molar-refractivity contribution >= 4 is 12.1 Å². The van der Waals surface area contributed by atoms with Crippen LogP contribution in [0.2, 0.25) is 0 Å². The van der Waals surface area contributed by atoms with Gasteiger partial charge in [0.2, 0.25) is 0 Å². The van der Waals surface area contributed by atoms with E-state index in [0.29, 0.717) is 25.6 Å². The first-order valence-corrected chi connectivity index (χ1v) is 10.3. The highest BCUT2D eigenvalue weighted by molar-refractivity contribution is 5.92. The summed E-state index contributed by atoms with van der Waals surface area (Å²) < 4.78 is 21.7. The van der Waals surface area contributed by atoms with Crippen LogP contribution in [0.25, 0.3) is 0 Å². The molecule has 2 fully saturated rings. The van der Waals surface area contributed by atoms with Gasteiger partial charge in [0.05, 0.1) is 20.3 Å². The van der Waals surface area contributed by atoms with Gasteiger partial charge in [-0.2, -0.15) is 0 Å². The highest BCUT2D eigenvalue weighted by Gasteiger charge is 2.57. The molecule has 1 heterocycles. The molecule has 0 unspecified atom stereocenters. The lowest BCUT2D eigenvalue weighted by molar-refractivity contribution is -0.252. The van der Waals surface area contributed by atoms with Crippen molar-refractivity contribution in [1.82, 2.24) is 5.32 Å². The fraction of sp³-hybridized carbons (Fsp3) is 0.565. The lowest BCUT2D eigenvalue weighted by atomic mass is 9.51. The van der Waals surface area contributed by atoms with E-state index < -0.39 is 17.8 Å². The number of hydrogen-bond donors (Lipinski definition) is 1. The summed E-state index contributed by atoms with van der Waals surface area (Å²) >= 11 is 0. The average molecular weight is 418 g/mol. The molecule has 2 atom stereocenters. The summed E-state index contributed by atoms with van der Waals surface area (Å²) in [6.45, 7) is 7.74.